The highest BCUT2D eigenvalue weighted by molar-refractivity contribution is 7.84. The van der Waals surface area contributed by atoms with Gasteiger partial charge in [-0.25, -0.2) is 18.2 Å². The fraction of sp³-hybridized carbons (Fsp3) is 0.500. The maximum atomic E-state index is 12.9. The Hall–Kier alpha value is -4.21. The van der Waals surface area contributed by atoms with Crippen LogP contribution in [0.2, 0.25) is 0 Å². The Bertz CT molecular complexity index is 1640. The molecule has 47 heavy (non-hydrogen) atoms. The minimum atomic E-state index is -3.92. The second-order valence-corrected chi connectivity index (χ2v) is 15.3. The van der Waals surface area contributed by atoms with E-state index in [1.807, 2.05) is 20.8 Å². The van der Waals surface area contributed by atoms with Crippen molar-refractivity contribution >= 4 is 39.2 Å². The summed E-state index contributed by atoms with van der Waals surface area (Å²) in [5, 5.41) is 12.1. The van der Waals surface area contributed by atoms with Crippen LogP contribution in [0.4, 0.5) is 22.0 Å². The molecule has 1 aliphatic heterocycles. The lowest BCUT2D eigenvalue weighted by atomic mass is 9.79. The van der Waals surface area contributed by atoms with E-state index in [0.717, 1.165) is 12.8 Å². The van der Waals surface area contributed by atoms with E-state index < -0.39 is 16.1 Å². The van der Waals surface area contributed by atoms with Crippen LogP contribution < -0.4 is 30.3 Å². The van der Waals surface area contributed by atoms with Crippen molar-refractivity contribution in [1.29, 1.82) is 0 Å². The smallest absolute Gasteiger partial charge is 0.325 e. The number of pyridine rings is 1. The number of piperidine rings is 1. The maximum Gasteiger partial charge on any atom is 0.325 e. The summed E-state index contributed by atoms with van der Waals surface area (Å²) in [5.41, 5.74) is 1.08. The van der Waals surface area contributed by atoms with E-state index in [-0.39, 0.29) is 34.2 Å². The Morgan fingerprint density at radius 1 is 1.02 bits per heavy atom. The Morgan fingerprint density at radius 3 is 2.15 bits per heavy atom. The Labute approximate surface area is 276 Å². The number of rotatable bonds is 7. The van der Waals surface area contributed by atoms with E-state index in [1.54, 1.807) is 42.6 Å². The molecule has 0 aliphatic carbocycles. The average molecular weight is 675 g/mol. The number of amides is 3. The Morgan fingerprint density at radius 2 is 1.64 bits per heavy atom. The summed E-state index contributed by atoms with van der Waals surface area (Å²) in [5.74, 6) is 1.56. The molecule has 1 aliphatic rings. The summed E-state index contributed by atoms with van der Waals surface area (Å²) in [7, 11) is -0.199. The van der Waals surface area contributed by atoms with Crippen molar-refractivity contribution in [2.75, 3.05) is 36.4 Å². The van der Waals surface area contributed by atoms with Gasteiger partial charge in [-0.2, -0.15) is 0 Å². The molecule has 2 aromatic heterocycles. The number of nitrogens with one attached hydrogen (secondary N) is 4. The number of carbonyl (C=O) groups excluding carboxylic acids is 2. The van der Waals surface area contributed by atoms with E-state index in [2.05, 4.69) is 60.8 Å². The monoisotopic (exact) mass is 674 g/mol. The molecular weight excluding hydrogens is 628 g/mol. The number of ether oxygens (including phenoxy) is 2. The summed E-state index contributed by atoms with van der Waals surface area (Å²) < 4.78 is 44.3. The van der Waals surface area contributed by atoms with Gasteiger partial charge in [0.15, 0.2) is 5.82 Å². The highest BCUT2D eigenvalue weighted by Gasteiger charge is 2.47. The predicted octanol–water partition coefficient (Wildman–Crippen LogP) is 4.05. The molecule has 0 unspecified atom stereocenters. The van der Waals surface area contributed by atoms with Crippen LogP contribution in [0.5, 0.6) is 11.5 Å². The van der Waals surface area contributed by atoms with Crippen molar-refractivity contribution in [1.82, 2.24) is 10.1 Å². The largest absolute Gasteiger partial charge is 0.748 e. The van der Waals surface area contributed by atoms with Crippen molar-refractivity contribution in [3.05, 3.63) is 54.0 Å². The van der Waals surface area contributed by atoms with Gasteiger partial charge in [0.2, 0.25) is 0 Å². The summed E-state index contributed by atoms with van der Waals surface area (Å²) in [6.45, 7) is 15.0. The summed E-state index contributed by atoms with van der Waals surface area (Å²) >= 11 is 0. The van der Waals surface area contributed by atoms with Crippen molar-refractivity contribution < 1.29 is 41.5 Å². The number of likely N-dealkylation sites (tertiary alicyclic amines) is 1. The lowest BCUT2D eigenvalue weighted by Gasteiger charge is -2.49. The summed E-state index contributed by atoms with van der Waals surface area (Å²) in [6, 6.07) is 9.50. The van der Waals surface area contributed by atoms with Gasteiger partial charge in [0.05, 0.1) is 47.2 Å². The number of benzene rings is 1. The molecule has 3 amide bonds. The van der Waals surface area contributed by atoms with Crippen molar-refractivity contribution in [3.63, 3.8) is 0 Å². The third-order valence-electron chi connectivity index (χ3n) is 7.98. The van der Waals surface area contributed by atoms with Crippen LogP contribution >= 0.6 is 0 Å². The molecular formula is C32H46N6O8S. The van der Waals surface area contributed by atoms with Gasteiger partial charge >= 0.3 is 6.03 Å². The fourth-order valence-corrected chi connectivity index (χ4v) is 5.32. The van der Waals surface area contributed by atoms with E-state index in [0.29, 0.717) is 40.7 Å². The molecule has 1 aromatic carbocycles. The standard InChI is InChI=1S/C31H42N6O5.CH4O3S/c1-29(2,3)25-15-26(36-42-25)35-28(39)34-22-12-10-19(14-24(22)40-9)33-27(38)23-13-11-20(18-32-23)41-21-16-30(4,5)37(8)31(6,7)17-21;1-5(2,3)4/h10-15,18,21H,16-17H2,1-9H3,(H,33,38)(H2,34,35,36,39);1H3,(H,2,3,4). The molecule has 0 saturated carbocycles. The molecule has 0 bridgehead atoms. The molecule has 0 radical (unpaired) electrons. The lowest BCUT2D eigenvalue weighted by molar-refractivity contribution is -0.983. The van der Waals surface area contributed by atoms with E-state index in [1.165, 1.54) is 12.0 Å². The van der Waals surface area contributed by atoms with Gasteiger partial charge in [-0.05, 0) is 52.0 Å². The van der Waals surface area contributed by atoms with E-state index in [4.69, 9.17) is 27.0 Å². The van der Waals surface area contributed by atoms with E-state index in [9.17, 15) is 9.59 Å². The van der Waals surface area contributed by atoms with Crippen molar-refractivity contribution in [3.8, 4) is 11.5 Å². The van der Waals surface area contributed by atoms with Crippen LogP contribution in [-0.4, -0.2) is 72.6 Å². The molecule has 0 spiro atoms. The molecule has 3 aromatic rings. The number of anilines is 3. The van der Waals surface area contributed by atoms with Crippen LogP contribution in [0, 0.1) is 0 Å². The quantitative estimate of drug-likeness (QED) is 0.266. The van der Waals surface area contributed by atoms with Crippen LogP contribution in [0.25, 0.3) is 0 Å². The molecule has 14 nitrogen and oxygen atoms in total. The van der Waals surface area contributed by atoms with Crippen LogP contribution in [0.1, 0.15) is 77.6 Å². The highest BCUT2D eigenvalue weighted by Crippen LogP contribution is 2.30. The third kappa shape index (κ3) is 10.9. The second kappa shape index (κ2) is 14.3. The van der Waals surface area contributed by atoms with Gasteiger partial charge in [-0.15, -0.1) is 0 Å². The molecule has 15 heteroatoms. The minimum absolute atomic E-state index is 0.0683. The average Bonchev–Trinajstić information content (AvgIpc) is 3.41. The van der Waals surface area contributed by atoms with Crippen molar-refractivity contribution in [2.24, 2.45) is 0 Å². The predicted molar refractivity (Wildman–Crippen MR) is 177 cm³/mol. The molecule has 4 rings (SSSR count). The lowest BCUT2D eigenvalue weighted by Crippen LogP contribution is -3.24. The van der Waals surface area contributed by atoms with Crippen LogP contribution in [0.15, 0.2) is 47.1 Å². The first kappa shape index (κ1) is 37.2. The topological polar surface area (TPSA) is 189 Å². The van der Waals surface area contributed by atoms with Gasteiger partial charge in [0, 0.05) is 42.3 Å². The molecule has 4 N–H and O–H groups in total. The number of urea groups is 1. The molecule has 1 fully saturated rings. The molecule has 1 saturated heterocycles. The van der Waals surface area contributed by atoms with Crippen LogP contribution in [0.3, 0.4) is 0 Å². The third-order valence-corrected chi connectivity index (χ3v) is 7.98. The number of hydrogen-bond acceptors (Lipinski definition) is 10. The van der Waals surface area contributed by atoms with Gasteiger partial charge in [-0.1, -0.05) is 25.9 Å². The van der Waals surface area contributed by atoms with Gasteiger partial charge in [0.25, 0.3) is 5.91 Å². The zero-order valence-electron chi connectivity index (χ0n) is 28.6. The second-order valence-electron chi connectivity index (χ2n) is 13.9. The van der Waals surface area contributed by atoms with E-state index >= 15 is 0 Å². The Balaban J connectivity index is 0.00000111. The van der Waals surface area contributed by atoms with Gasteiger partial charge in [0.1, 0.15) is 29.1 Å². The van der Waals surface area contributed by atoms with Gasteiger partial charge in [-0.3, -0.25) is 10.1 Å². The first-order valence-electron chi connectivity index (χ1n) is 15.0. The Kier molecular flexibility index (Phi) is 11.3. The first-order valence-corrected chi connectivity index (χ1v) is 16.8. The SMILES string of the molecule is COc1cc(NC(=O)c2ccc(OC3CC(C)(C)[NH+](C)C(C)(C)C3)cn2)ccc1NC(=O)Nc1cc(C(C)(C)C)on1.CS(=O)(=O)[O-]. The number of quaternary nitrogens is 1. The highest BCUT2D eigenvalue weighted by atomic mass is 32.2. The first-order chi connectivity index (χ1) is 21.6. The fourth-order valence-electron chi connectivity index (χ4n) is 5.32. The zero-order valence-corrected chi connectivity index (χ0v) is 29.4. The zero-order chi connectivity index (χ0) is 35.4. The number of hydrogen-bond donors (Lipinski definition) is 4. The van der Waals surface area contributed by atoms with Crippen LogP contribution in [-0.2, 0) is 15.5 Å². The number of carbonyl (C=O) groups is 2. The normalized spacial score (nSPS) is 18.6. The summed E-state index contributed by atoms with van der Waals surface area (Å²) in [6.07, 6.45) is 4.12. The molecule has 258 valence electrons. The molecule has 3 heterocycles. The van der Waals surface area contributed by atoms with Crippen molar-refractivity contribution in [2.45, 2.75) is 83.9 Å². The van der Waals surface area contributed by atoms with Gasteiger partial charge < -0.3 is 34.1 Å². The number of nitrogens with zero attached hydrogens (tertiary/aromatic N) is 2. The maximum absolute atomic E-state index is 12.9. The number of methoxy groups -OCH3 is 1. The minimum Gasteiger partial charge on any atom is -0.748 e. The number of aromatic nitrogens is 2. The molecule has 0 atom stereocenters. The summed E-state index contributed by atoms with van der Waals surface area (Å²) in [4.78, 5) is 31.3.